The Bertz CT molecular complexity index is 819. The fourth-order valence-corrected chi connectivity index (χ4v) is 2.46. The Hall–Kier alpha value is -3.07. The van der Waals surface area contributed by atoms with Gasteiger partial charge >= 0.3 is 0 Å². The van der Waals surface area contributed by atoms with Gasteiger partial charge in [0.15, 0.2) is 0 Å². The molecule has 0 fully saturated rings. The summed E-state index contributed by atoms with van der Waals surface area (Å²) < 4.78 is 0. The number of carbonyl (C=O) groups is 1. The number of phenols is 1. The topological polar surface area (TPSA) is 49.3 Å². The lowest BCUT2D eigenvalue weighted by atomic mass is 10.0. The minimum absolute atomic E-state index is 0.0717. The van der Waals surface area contributed by atoms with Crippen molar-refractivity contribution < 1.29 is 9.90 Å². The first-order valence-electron chi connectivity index (χ1n) is 7.85. The molecule has 0 aliphatic carbocycles. The van der Waals surface area contributed by atoms with Gasteiger partial charge in [-0.25, -0.2) is 0 Å². The van der Waals surface area contributed by atoms with Crippen molar-refractivity contribution in [2.75, 3.05) is 0 Å². The molecule has 0 unspecified atom stereocenters. The Morgan fingerprint density at radius 3 is 1.96 bits per heavy atom. The molecule has 120 valence electrons. The lowest BCUT2D eigenvalue weighted by molar-refractivity contribution is 0.0951. The number of aryl methyl sites for hydroxylation is 1. The highest BCUT2D eigenvalue weighted by Crippen LogP contribution is 2.22. The van der Waals surface area contributed by atoms with E-state index >= 15 is 0 Å². The summed E-state index contributed by atoms with van der Waals surface area (Å²) in [6.45, 7) is 2.49. The molecule has 24 heavy (non-hydrogen) atoms. The lowest BCUT2D eigenvalue weighted by Gasteiger charge is -2.07. The summed E-state index contributed by atoms with van der Waals surface area (Å²) in [6, 6.07) is 22.7. The van der Waals surface area contributed by atoms with Crippen LogP contribution in [0.5, 0.6) is 5.75 Å². The third-order valence-electron chi connectivity index (χ3n) is 3.92. The Morgan fingerprint density at radius 2 is 1.38 bits per heavy atom. The monoisotopic (exact) mass is 317 g/mol. The zero-order valence-corrected chi connectivity index (χ0v) is 13.5. The van der Waals surface area contributed by atoms with E-state index < -0.39 is 0 Å². The van der Waals surface area contributed by atoms with Crippen molar-refractivity contribution in [1.29, 1.82) is 0 Å². The second-order valence-electron chi connectivity index (χ2n) is 5.79. The standard InChI is InChI=1S/C21H19NO2/c1-15-2-6-19(7-3-15)21(24)22-14-16-4-8-17(9-5-16)18-10-12-20(23)13-11-18/h2-13,23H,14H2,1H3,(H,22,24). The highest BCUT2D eigenvalue weighted by molar-refractivity contribution is 5.94. The van der Waals surface area contributed by atoms with Gasteiger partial charge in [0.2, 0.25) is 0 Å². The molecule has 0 heterocycles. The van der Waals surface area contributed by atoms with Crippen molar-refractivity contribution in [1.82, 2.24) is 5.32 Å². The van der Waals surface area contributed by atoms with Gasteiger partial charge in [-0.05, 0) is 47.9 Å². The first-order chi connectivity index (χ1) is 11.6. The highest BCUT2D eigenvalue weighted by Gasteiger charge is 2.05. The number of nitrogens with one attached hydrogen (secondary N) is 1. The summed E-state index contributed by atoms with van der Waals surface area (Å²) in [5.74, 6) is 0.187. The van der Waals surface area contributed by atoms with Gasteiger partial charge < -0.3 is 10.4 Å². The number of hydrogen-bond donors (Lipinski definition) is 2. The first-order valence-corrected chi connectivity index (χ1v) is 7.85. The van der Waals surface area contributed by atoms with Crippen LogP contribution in [0.25, 0.3) is 11.1 Å². The van der Waals surface area contributed by atoms with Crippen LogP contribution in [-0.4, -0.2) is 11.0 Å². The van der Waals surface area contributed by atoms with Crippen molar-refractivity contribution in [2.24, 2.45) is 0 Å². The molecule has 1 amide bonds. The van der Waals surface area contributed by atoms with Crippen LogP contribution in [0.1, 0.15) is 21.5 Å². The van der Waals surface area contributed by atoms with Crippen LogP contribution in [0.15, 0.2) is 72.8 Å². The van der Waals surface area contributed by atoms with E-state index in [2.05, 4.69) is 5.32 Å². The van der Waals surface area contributed by atoms with Gasteiger partial charge in [0, 0.05) is 12.1 Å². The van der Waals surface area contributed by atoms with E-state index in [1.165, 1.54) is 0 Å². The number of aromatic hydroxyl groups is 1. The van der Waals surface area contributed by atoms with E-state index in [9.17, 15) is 9.90 Å². The van der Waals surface area contributed by atoms with E-state index in [1.54, 1.807) is 12.1 Å². The van der Waals surface area contributed by atoms with Gasteiger partial charge in [-0.15, -0.1) is 0 Å². The fraction of sp³-hybridized carbons (Fsp3) is 0.0952. The van der Waals surface area contributed by atoms with Crippen molar-refractivity contribution in [3.05, 3.63) is 89.5 Å². The smallest absolute Gasteiger partial charge is 0.251 e. The van der Waals surface area contributed by atoms with Crippen molar-refractivity contribution >= 4 is 5.91 Å². The SMILES string of the molecule is Cc1ccc(C(=O)NCc2ccc(-c3ccc(O)cc3)cc2)cc1. The molecule has 3 aromatic carbocycles. The average molecular weight is 317 g/mol. The number of rotatable bonds is 4. The first kappa shape index (κ1) is 15.8. The van der Waals surface area contributed by atoms with Gasteiger partial charge in [-0.1, -0.05) is 54.1 Å². The molecule has 3 nitrogen and oxygen atoms in total. The zero-order chi connectivity index (χ0) is 16.9. The molecule has 0 saturated carbocycles. The average Bonchev–Trinajstić information content (AvgIpc) is 2.61. The molecular formula is C21H19NO2. The lowest BCUT2D eigenvalue weighted by Crippen LogP contribution is -2.22. The summed E-state index contributed by atoms with van der Waals surface area (Å²) in [6.07, 6.45) is 0. The van der Waals surface area contributed by atoms with Crippen LogP contribution < -0.4 is 5.32 Å². The maximum absolute atomic E-state index is 12.1. The molecule has 3 rings (SSSR count). The molecule has 3 aromatic rings. The molecule has 0 aliphatic rings. The van der Waals surface area contributed by atoms with Crippen LogP contribution in [0.4, 0.5) is 0 Å². The van der Waals surface area contributed by atoms with E-state index in [1.807, 2.05) is 67.6 Å². The highest BCUT2D eigenvalue weighted by atomic mass is 16.3. The predicted octanol–water partition coefficient (Wildman–Crippen LogP) is 4.30. The zero-order valence-electron chi connectivity index (χ0n) is 13.5. The molecule has 0 bridgehead atoms. The van der Waals surface area contributed by atoms with Gasteiger partial charge in [-0.3, -0.25) is 4.79 Å². The third kappa shape index (κ3) is 3.82. The van der Waals surface area contributed by atoms with E-state index in [4.69, 9.17) is 0 Å². The Morgan fingerprint density at radius 1 is 0.833 bits per heavy atom. The minimum atomic E-state index is -0.0717. The molecule has 0 saturated heterocycles. The van der Waals surface area contributed by atoms with Crippen molar-refractivity contribution in [2.45, 2.75) is 13.5 Å². The molecule has 0 aromatic heterocycles. The minimum Gasteiger partial charge on any atom is -0.508 e. The summed E-state index contributed by atoms with van der Waals surface area (Å²) in [5.41, 5.74) is 4.96. The quantitative estimate of drug-likeness (QED) is 0.754. The van der Waals surface area contributed by atoms with Crippen LogP contribution in [0.2, 0.25) is 0 Å². The molecule has 0 spiro atoms. The van der Waals surface area contributed by atoms with Crippen LogP contribution in [-0.2, 0) is 6.54 Å². The predicted molar refractivity (Wildman–Crippen MR) is 95.9 cm³/mol. The summed E-state index contributed by atoms with van der Waals surface area (Å²) >= 11 is 0. The summed E-state index contributed by atoms with van der Waals surface area (Å²) in [5, 5.41) is 12.3. The molecule has 0 atom stereocenters. The number of hydrogen-bond acceptors (Lipinski definition) is 2. The third-order valence-corrected chi connectivity index (χ3v) is 3.92. The Balaban J connectivity index is 1.63. The van der Waals surface area contributed by atoms with Crippen molar-refractivity contribution in [3.8, 4) is 16.9 Å². The maximum atomic E-state index is 12.1. The van der Waals surface area contributed by atoms with E-state index in [0.29, 0.717) is 12.1 Å². The maximum Gasteiger partial charge on any atom is 0.251 e. The van der Waals surface area contributed by atoms with Crippen LogP contribution >= 0.6 is 0 Å². The van der Waals surface area contributed by atoms with Gasteiger partial charge in [-0.2, -0.15) is 0 Å². The second-order valence-corrected chi connectivity index (χ2v) is 5.79. The summed E-state index contributed by atoms with van der Waals surface area (Å²) in [4.78, 5) is 12.1. The largest absolute Gasteiger partial charge is 0.508 e. The molecule has 0 aliphatic heterocycles. The molecule has 0 radical (unpaired) electrons. The van der Waals surface area contributed by atoms with Gasteiger partial charge in [0.1, 0.15) is 5.75 Å². The molecule has 2 N–H and O–H groups in total. The van der Waals surface area contributed by atoms with Crippen LogP contribution in [0, 0.1) is 6.92 Å². The van der Waals surface area contributed by atoms with E-state index in [0.717, 1.165) is 22.3 Å². The molecule has 3 heteroatoms. The number of benzene rings is 3. The van der Waals surface area contributed by atoms with Crippen LogP contribution in [0.3, 0.4) is 0 Å². The number of carbonyl (C=O) groups excluding carboxylic acids is 1. The second kappa shape index (κ2) is 7.01. The number of amides is 1. The fourth-order valence-electron chi connectivity index (χ4n) is 2.46. The Kier molecular flexibility index (Phi) is 4.62. The molecular weight excluding hydrogens is 298 g/mol. The van der Waals surface area contributed by atoms with Crippen molar-refractivity contribution in [3.63, 3.8) is 0 Å². The normalized spacial score (nSPS) is 10.4. The number of phenolic OH excluding ortho intramolecular Hbond substituents is 1. The summed E-state index contributed by atoms with van der Waals surface area (Å²) in [7, 11) is 0. The van der Waals surface area contributed by atoms with Gasteiger partial charge in [0.25, 0.3) is 5.91 Å². The van der Waals surface area contributed by atoms with Gasteiger partial charge in [0.05, 0.1) is 0 Å². The van der Waals surface area contributed by atoms with E-state index in [-0.39, 0.29) is 11.7 Å². The Labute approximate surface area is 141 Å².